The summed E-state index contributed by atoms with van der Waals surface area (Å²) in [5.41, 5.74) is 5.75. The summed E-state index contributed by atoms with van der Waals surface area (Å²) in [4.78, 5) is 10.3. The first-order valence-electron chi connectivity index (χ1n) is 4.06. The van der Waals surface area contributed by atoms with Crippen LogP contribution >= 0.6 is 0 Å². The van der Waals surface area contributed by atoms with Gasteiger partial charge in [0.1, 0.15) is 5.75 Å². The number of hydrogen-bond acceptors (Lipinski definition) is 4. The van der Waals surface area contributed by atoms with Crippen LogP contribution in [0.15, 0.2) is 18.2 Å². The predicted octanol–water partition coefficient (Wildman–Crippen LogP) is 1.72. The lowest BCUT2D eigenvalue weighted by atomic mass is 10.3. The van der Waals surface area contributed by atoms with Gasteiger partial charge in [0.15, 0.2) is 5.75 Å². The van der Waals surface area contributed by atoms with Crippen molar-refractivity contribution in [3.63, 3.8) is 0 Å². The van der Waals surface area contributed by atoms with Gasteiger partial charge in [-0.15, -0.1) is 0 Å². The van der Waals surface area contributed by atoms with Crippen molar-refractivity contribution in [1.82, 2.24) is 0 Å². The molecule has 0 aliphatic heterocycles. The molecule has 1 aromatic carbocycles. The van der Waals surface area contributed by atoms with E-state index < -0.39 is 6.16 Å². The normalized spacial score (nSPS) is 9.50. The van der Waals surface area contributed by atoms with Gasteiger partial charge in [0, 0.05) is 6.07 Å². The molecule has 0 fully saturated rings. The second kappa shape index (κ2) is 4.36. The van der Waals surface area contributed by atoms with Gasteiger partial charge in [-0.3, -0.25) is 0 Å². The highest BCUT2D eigenvalue weighted by atomic mass is 16.7. The maximum Gasteiger partial charge on any atom is 0.511 e. The van der Waals surface area contributed by atoms with E-state index in [0.717, 1.165) is 0 Å². The number of benzene rings is 1. The summed E-state index contributed by atoms with van der Waals surface area (Å²) >= 11 is 0. The molecule has 0 unspecified atom stereocenters. The molecule has 1 rings (SSSR count). The van der Waals surface area contributed by atoms with Crippen LogP contribution in [0.1, 0.15) is 6.92 Å². The number of hydrogen-bond donors (Lipinski definition) is 2. The predicted molar refractivity (Wildman–Crippen MR) is 50.7 cm³/mol. The molecule has 0 spiro atoms. The van der Waals surface area contributed by atoms with Gasteiger partial charge in [-0.1, -0.05) is 0 Å². The number of carboxylic acid groups (broad SMARTS) is 1. The van der Waals surface area contributed by atoms with Gasteiger partial charge in [0.05, 0.1) is 12.3 Å². The van der Waals surface area contributed by atoms with Crippen LogP contribution in [0.2, 0.25) is 0 Å². The molecule has 5 nitrogen and oxygen atoms in total. The Bertz CT molecular complexity index is 338. The second-order valence-corrected chi connectivity index (χ2v) is 2.50. The Kier molecular flexibility index (Phi) is 3.17. The number of nitrogen functional groups attached to an aromatic ring is 1. The molecule has 0 saturated carbocycles. The van der Waals surface area contributed by atoms with E-state index in [2.05, 4.69) is 4.74 Å². The van der Waals surface area contributed by atoms with Crippen LogP contribution in [0, 0.1) is 0 Å². The van der Waals surface area contributed by atoms with Gasteiger partial charge < -0.3 is 20.3 Å². The standard InChI is InChI=1S/C9H11NO4/c1-2-13-6-3-4-7(10)8(5-6)14-9(11)12/h3-5H,2,10H2,1H3,(H,11,12). The van der Waals surface area contributed by atoms with Gasteiger partial charge in [-0.25, -0.2) is 4.79 Å². The Morgan fingerprint density at radius 2 is 2.29 bits per heavy atom. The fourth-order valence-corrected chi connectivity index (χ4v) is 0.954. The first kappa shape index (κ1) is 10.2. The lowest BCUT2D eigenvalue weighted by Gasteiger charge is -2.07. The second-order valence-electron chi connectivity index (χ2n) is 2.50. The number of ether oxygens (including phenoxy) is 2. The van der Waals surface area contributed by atoms with Crippen LogP contribution in [-0.4, -0.2) is 17.9 Å². The van der Waals surface area contributed by atoms with E-state index in [9.17, 15) is 4.79 Å². The molecule has 3 N–H and O–H groups in total. The summed E-state index contributed by atoms with van der Waals surface area (Å²) in [7, 11) is 0. The molecule has 0 atom stereocenters. The number of anilines is 1. The molecule has 0 aliphatic rings. The molecule has 0 saturated heterocycles. The molecule has 1 aromatic rings. The van der Waals surface area contributed by atoms with Crippen LogP contribution in [0.3, 0.4) is 0 Å². The summed E-state index contributed by atoms with van der Waals surface area (Å²) in [5.74, 6) is 0.612. The minimum atomic E-state index is -1.40. The first-order chi connectivity index (χ1) is 6.63. The van der Waals surface area contributed by atoms with Gasteiger partial charge in [0.2, 0.25) is 0 Å². The monoisotopic (exact) mass is 197 g/mol. The van der Waals surface area contributed by atoms with Crippen molar-refractivity contribution < 1.29 is 19.4 Å². The van der Waals surface area contributed by atoms with Crippen molar-refractivity contribution in [2.24, 2.45) is 0 Å². The third-order valence-electron chi connectivity index (χ3n) is 1.49. The Morgan fingerprint density at radius 1 is 1.57 bits per heavy atom. The highest BCUT2D eigenvalue weighted by Crippen LogP contribution is 2.26. The van der Waals surface area contributed by atoms with E-state index >= 15 is 0 Å². The van der Waals surface area contributed by atoms with Crippen LogP contribution < -0.4 is 15.2 Å². The van der Waals surface area contributed by atoms with E-state index in [1.54, 1.807) is 6.07 Å². The SMILES string of the molecule is CCOc1ccc(N)c(OC(=O)O)c1. The maximum absolute atomic E-state index is 10.3. The summed E-state index contributed by atoms with van der Waals surface area (Å²) in [6.45, 7) is 2.32. The van der Waals surface area contributed by atoms with Gasteiger partial charge in [0.25, 0.3) is 0 Å². The smallest absolute Gasteiger partial charge is 0.494 e. The maximum atomic E-state index is 10.3. The quantitative estimate of drug-likeness (QED) is 0.438. The van der Waals surface area contributed by atoms with E-state index in [1.165, 1.54) is 12.1 Å². The molecule has 0 amide bonds. The van der Waals surface area contributed by atoms with Crippen molar-refractivity contribution in [3.8, 4) is 11.5 Å². The van der Waals surface area contributed by atoms with E-state index in [0.29, 0.717) is 12.4 Å². The molecule has 0 bridgehead atoms. The average Bonchev–Trinajstić information content (AvgIpc) is 2.10. The minimum Gasteiger partial charge on any atom is -0.494 e. The molecule has 5 heteroatoms. The fraction of sp³-hybridized carbons (Fsp3) is 0.222. The molecule has 14 heavy (non-hydrogen) atoms. The van der Waals surface area contributed by atoms with Gasteiger partial charge in [-0.05, 0) is 19.1 Å². The van der Waals surface area contributed by atoms with E-state index in [4.69, 9.17) is 15.6 Å². The third-order valence-corrected chi connectivity index (χ3v) is 1.49. The molecule has 0 heterocycles. The first-order valence-corrected chi connectivity index (χ1v) is 4.06. The van der Waals surface area contributed by atoms with Crippen LogP contribution in [0.5, 0.6) is 11.5 Å². The summed E-state index contributed by atoms with van der Waals surface area (Å²) in [6, 6.07) is 4.61. The molecular formula is C9H11NO4. The van der Waals surface area contributed by atoms with Gasteiger partial charge in [-0.2, -0.15) is 0 Å². The molecular weight excluding hydrogens is 186 g/mol. The van der Waals surface area contributed by atoms with E-state index in [-0.39, 0.29) is 11.4 Å². The largest absolute Gasteiger partial charge is 0.511 e. The van der Waals surface area contributed by atoms with Crippen LogP contribution in [0.4, 0.5) is 10.5 Å². The zero-order valence-electron chi connectivity index (χ0n) is 7.69. The molecule has 76 valence electrons. The highest BCUT2D eigenvalue weighted by Gasteiger charge is 2.06. The van der Waals surface area contributed by atoms with Crippen LogP contribution in [-0.2, 0) is 0 Å². The molecule has 0 aromatic heterocycles. The minimum absolute atomic E-state index is 0.0865. The zero-order chi connectivity index (χ0) is 10.6. The number of nitrogens with two attached hydrogens (primary N) is 1. The zero-order valence-corrected chi connectivity index (χ0v) is 7.69. The third kappa shape index (κ3) is 2.55. The topological polar surface area (TPSA) is 81.8 Å². The lowest BCUT2D eigenvalue weighted by Crippen LogP contribution is -2.05. The summed E-state index contributed by atoms with van der Waals surface area (Å²) in [6.07, 6.45) is -1.40. The summed E-state index contributed by atoms with van der Waals surface area (Å²) < 4.78 is 9.60. The Hall–Kier alpha value is -1.91. The number of carbonyl (C=O) groups is 1. The van der Waals surface area contributed by atoms with Crippen molar-refractivity contribution in [2.45, 2.75) is 6.92 Å². The van der Waals surface area contributed by atoms with Crippen molar-refractivity contribution >= 4 is 11.8 Å². The lowest BCUT2D eigenvalue weighted by molar-refractivity contribution is 0.144. The average molecular weight is 197 g/mol. The van der Waals surface area contributed by atoms with Crippen LogP contribution in [0.25, 0.3) is 0 Å². The van der Waals surface area contributed by atoms with Gasteiger partial charge >= 0.3 is 6.16 Å². The van der Waals surface area contributed by atoms with E-state index in [1.807, 2.05) is 6.92 Å². The number of rotatable bonds is 3. The van der Waals surface area contributed by atoms with Crippen molar-refractivity contribution in [2.75, 3.05) is 12.3 Å². The van der Waals surface area contributed by atoms with Crippen molar-refractivity contribution in [3.05, 3.63) is 18.2 Å². The summed E-state index contributed by atoms with van der Waals surface area (Å²) in [5, 5.41) is 8.39. The van der Waals surface area contributed by atoms with Crippen molar-refractivity contribution in [1.29, 1.82) is 0 Å². The Balaban J connectivity index is 2.90. The Labute approximate surface area is 81.0 Å². The fourth-order valence-electron chi connectivity index (χ4n) is 0.954. The molecule has 0 radical (unpaired) electrons. The molecule has 0 aliphatic carbocycles. The Morgan fingerprint density at radius 3 is 2.86 bits per heavy atom. The highest BCUT2D eigenvalue weighted by molar-refractivity contribution is 5.66.